The SMILES string of the molecule is CCc1c(C(=O)N[C@H]2CCCNC2)[nH]c(C)c1C(C)=O.Cl. The lowest BCUT2D eigenvalue weighted by atomic mass is 10.0. The Morgan fingerprint density at radius 2 is 2.10 bits per heavy atom. The first-order valence-corrected chi connectivity index (χ1v) is 7.28. The molecule has 21 heavy (non-hydrogen) atoms. The number of nitrogens with one attached hydrogen (secondary N) is 3. The van der Waals surface area contributed by atoms with Crippen LogP contribution in [0, 0.1) is 6.92 Å². The standard InChI is InChI=1S/C15H23N3O2.ClH/c1-4-12-13(10(3)19)9(2)17-14(12)15(20)18-11-6-5-7-16-8-11;/h11,16-17H,4-8H2,1-3H3,(H,18,20);1H/t11-;/m0./s1. The number of aryl methyl sites for hydroxylation is 1. The summed E-state index contributed by atoms with van der Waals surface area (Å²) in [6.07, 6.45) is 2.75. The maximum Gasteiger partial charge on any atom is 0.268 e. The van der Waals surface area contributed by atoms with E-state index in [9.17, 15) is 9.59 Å². The van der Waals surface area contributed by atoms with Crippen molar-refractivity contribution in [2.24, 2.45) is 0 Å². The van der Waals surface area contributed by atoms with Crippen LogP contribution in [-0.4, -0.2) is 35.8 Å². The number of hydrogen-bond acceptors (Lipinski definition) is 3. The van der Waals surface area contributed by atoms with Gasteiger partial charge in [0.05, 0.1) is 0 Å². The Balaban J connectivity index is 0.00000220. The number of hydrogen-bond donors (Lipinski definition) is 3. The number of amides is 1. The summed E-state index contributed by atoms with van der Waals surface area (Å²) in [4.78, 5) is 27.2. The van der Waals surface area contributed by atoms with Crippen LogP contribution in [0.1, 0.15) is 58.8 Å². The number of ketones is 1. The van der Waals surface area contributed by atoms with Crippen LogP contribution in [0.25, 0.3) is 0 Å². The lowest BCUT2D eigenvalue weighted by Gasteiger charge is -2.23. The first-order chi connectivity index (χ1) is 9.54. The van der Waals surface area contributed by atoms with Gasteiger partial charge in [-0.25, -0.2) is 0 Å². The van der Waals surface area contributed by atoms with Crippen molar-refractivity contribution in [2.75, 3.05) is 13.1 Å². The quantitative estimate of drug-likeness (QED) is 0.744. The predicted octanol–water partition coefficient (Wildman–Crippen LogP) is 1.99. The van der Waals surface area contributed by atoms with E-state index in [-0.39, 0.29) is 30.1 Å². The summed E-state index contributed by atoms with van der Waals surface area (Å²) in [6.45, 7) is 7.18. The fourth-order valence-corrected chi connectivity index (χ4v) is 2.93. The van der Waals surface area contributed by atoms with Crippen molar-refractivity contribution in [3.05, 3.63) is 22.5 Å². The Morgan fingerprint density at radius 1 is 1.38 bits per heavy atom. The van der Waals surface area contributed by atoms with E-state index >= 15 is 0 Å². The lowest BCUT2D eigenvalue weighted by Crippen LogP contribution is -2.45. The lowest BCUT2D eigenvalue weighted by molar-refractivity contribution is 0.0925. The van der Waals surface area contributed by atoms with E-state index in [4.69, 9.17) is 0 Å². The van der Waals surface area contributed by atoms with Gasteiger partial charge in [-0.15, -0.1) is 12.4 Å². The van der Waals surface area contributed by atoms with Gasteiger partial charge in [0.1, 0.15) is 5.69 Å². The summed E-state index contributed by atoms with van der Waals surface area (Å²) < 4.78 is 0. The second-order valence-corrected chi connectivity index (χ2v) is 5.41. The van der Waals surface area contributed by atoms with Gasteiger partial charge in [0.25, 0.3) is 5.91 Å². The van der Waals surface area contributed by atoms with E-state index < -0.39 is 0 Å². The molecule has 1 saturated heterocycles. The molecule has 118 valence electrons. The minimum Gasteiger partial charge on any atom is -0.354 e. The van der Waals surface area contributed by atoms with Crippen LogP contribution in [-0.2, 0) is 6.42 Å². The van der Waals surface area contributed by atoms with Gasteiger partial charge in [0.15, 0.2) is 5.78 Å². The third kappa shape index (κ3) is 3.86. The van der Waals surface area contributed by atoms with E-state index in [0.29, 0.717) is 17.7 Å². The molecule has 0 unspecified atom stereocenters. The van der Waals surface area contributed by atoms with Gasteiger partial charge in [0.2, 0.25) is 0 Å². The van der Waals surface area contributed by atoms with Gasteiger partial charge in [-0.1, -0.05) is 6.92 Å². The van der Waals surface area contributed by atoms with Gasteiger partial charge in [-0.2, -0.15) is 0 Å². The van der Waals surface area contributed by atoms with Crippen LogP contribution >= 0.6 is 12.4 Å². The monoisotopic (exact) mass is 313 g/mol. The number of carbonyl (C=O) groups is 2. The Hall–Kier alpha value is -1.33. The van der Waals surface area contributed by atoms with Gasteiger partial charge < -0.3 is 15.6 Å². The second kappa shape index (κ2) is 7.61. The third-order valence-corrected chi connectivity index (χ3v) is 3.86. The highest BCUT2D eigenvalue weighted by Crippen LogP contribution is 2.20. The fourth-order valence-electron chi connectivity index (χ4n) is 2.93. The zero-order valence-corrected chi connectivity index (χ0v) is 13.7. The van der Waals surface area contributed by atoms with E-state index in [1.54, 1.807) is 6.92 Å². The van der Waals surface area contributed by atoms with E-state index in [1.165, 1.54) is 0 Å². The highest BCUT2D eigenvalue weighted by Gasteiger charge is 2.23. The van der Waals surface area contributed by atoms with Crippen molar-refractivity contribution in [3.63, 3.8) is 0 Å². The van der Waals surface area contributed by atoms with Gasteiger partial charge >= 0.3 is 0 Å². The molecule has 0 saturated carbocycles. The van der Waals surface area contributed by atoms with Crippen molar-refractivity contribution in [1.82, 2.24) is 15.6 Å². The molecule has 1 fully saturated rings. The average Bonchev–Trinajstić information content (AvgIpc) is 2.76. The van der Waals surface area contributed by atoms with Crippen molar-refractivity contribution in [2.45, 2.75) is 46.1 Å². The molecule has 0 aromatic carbocycles. The zero-order chi connectivity index (χ0) is 14.7. The molecule has 1 aromatic rings. The molecule has 1 amide bonds. The Morgan fingerprint density at radius 3 is 2.62 bits per heavy atom. The van der Waals surface area contributed by atoms with Crippen molar-refractivity contribution >= 4 is 24.1 Å². The first-order valence-electron chi connectivity index (χ1n) is 7.28. The maximum absolute atomic E-state index is 12.4. The minimum absolute atomic E-state index is 0. The summed E-state index contributed by atoms with van der Waals surface area (Å²) in [5.41, 5.74) is 2.82. The van der Waals surface area contributed by atoms with E-state index in [0.717, 1.165) is 37.2 Å². The Labute approximate surface area is 131 Å². The molecule has 0 radical (unpaired) electrons. The number of Topliss-reactive ketones (excluding diaryl/α,β-unsaturated/α-hetero) is 1. The molecule has 5 nitrogen and oxygen atoms in total. The molecule has 1 aliphatic rings. The first kappa shape index (κ1) is 17.7. The number of halogens is 1. The molecule has 1 atom stereocenters. The van der Waals surface area contributed by atoms with Crippen molar-refractivity contribution in [1.29, 1.82) is 0 Å². The van der Waals surface area contributed by atoms with Crippen LogP contribution in [0.3, 0.4) is 0 Å². The van der Waals surface area contributed by atoms with Crippen molar-refractivity contribution in [3.8, 4) is 0 Å². The topological polar surface area (TPSA) is 74.0 Å². The normalized spacial score (nSPS) is 18.0. The van der Waals surface area contributed by atoms with Crippen LogP contribution in [0.5, 0.6) is 0 Å². The summed E-state index contributed by atoms with van der Waals surface area (Å²) >= 11 is 0. The molecule has 2 heterocycles. The van der Waals surface area contributed by atoms with Crippen LogP contribution in [0.15, 0.2) is 0 Å². The number of carbonyl (C=O) groups excluding carboxylic acids is 2. The van der Waals surface area contributed by atoms with Gasteiger partial charge in [-0.3, -0.25) is 9.59 Å². The molecule has 6 heteroatoms. The Bertz CT molecular complexity index is 519. The number of rotatable bonds is 4. The molecule has 1 aliphatic heterocycles. The molecular formula is C15H24ClN3O2. The van der Waals surface area contributed by atoms with Gasteiger partial charge in [0, 0.05) is 23.8 Å². The molecule has 3 N–H and O–H groups in total. The summed E-state index contributed by atoms with van der Waals surface area (Å²) in [5, 5.41) is 6.32. The summed E-state index contributed by atoms with van der Waals surface area (Å²) in [5.74, 6) is -0.0971. The second-order valence-electron chi connectivity index (χ2n) is 5.41. The van der Waals surface area contributed by atoms with Crippen LogP contribution in [0.2, 0.25) is 0 Å². The summed E-state index contributed by atoms with van der Waals surface area (Å²) in [6, 6.07) is 0.172. The maximum atomic E-state index is 12.4. The van der Waals surface area contributed by atoms with E-state index in [2.05, 4.69) is 15.6 Å². The van der Waals surface area contributed by atoms with E-state index in [1.807, 2.05) is 13.8 Å². The number of H-pyrrole nitrogens is 1. The fraction of sp³-hybridized carbons (Fsp3) is 0.600. The largest absolute Gasteiger partial charge is 0.354 e. The molecular weight excluding hydrogens is 290 g/mol. The number of piperidine rings is 1. The molecule has 0 bridgehead atoms. The Kier molecular flexibility index (Phi) is 6.42. The predicted molar refractivity (Wildman–Crippen MR) is 85.5 cm³/mol. The number of aromatic nitrogens is 1. The third-order valence-electron chi connectivity index (χ3n) is 3.86. The van der Waals surface area contributed by atoms with Gasteiger partial charge in [-0.05, 0) is 45.2 Å². The molecule has 0 aliphatic carbocycles. The highest BCUT2D eigenvalue weighted by atomic mass is 35.5. The highest BCUT2D eigenvalue weighted by molar-refractivity contribution is 6.02. The van der Waals surface area contributed by atoms with Crippen molar-refractivity contribution < 1.29 is 9.59 Å². The molecule has 1 aromatic heterocycles. The molecule has 0 spiro atoms. The van der Waals surface area contributed by atoms with Crippen LogP contribution < -0.4 is 10.6 Å². The molecule has 2 rings (SSSR count). The number of aromatic amines is 1. The van der Waals surface area contributed by atoms with Crippen LogP contribution in [0.4, 0.5) is 0 Å². The average molecular weight is 314 g/mol. The minimum atomic E-state index is -0.105. The smallest absolute Gasteiger partial charge is 0.268 e. The summed E-state index contributed by atoms with van der Waals surface area (Å²) in [7, 11) is 0. The zero-order valence-electron chi connectivity index (χ0n) is 12.8.